The summed E-state index contributed by atoms with van der Waals surface area (Å²) in [7, 11) is 1.39. The van der Waals surface area contributed by atoms with Crippen molar-refractivity contribution in [3.8, 4) is 0 Å². The minimum absolute atomic E-state index is 0.00310. The summed E-state index contributed by atoms with van der Waals surface area (Å²) < 4.78 is 4.85. The largest absolute Gasteiger partial charge is 0.468 e. The molecule has 0 aliphatic carbocycles. The number of hydrogen-bond donors (Lipinski definition) is 1. The van der Waals surface area contributed by atoms with Crippen LogP contribution in [-0.4, -0.2) is 47.3 Å². The van der Waals surface area contributed by atoms with Gasteiger partial charge in [-0.25, -0.2) is 0 Å². The number of methoxy groups -OCH3 is 1. The fourth-order valence-electron chi connectivity index (χ4n) is 2.87. The van der Waals surface area contributed by atoms with Crippen LogP contribution in [0.4, 0.5) is 0 Å². The van der Waals surface area contributed by atoms with Gasteiger partial charge in [-0.3, -0.25) is 9.69 Å². The molecule has 2 saturated heterocycles. The van der Waals surface area contributed by atoms with Gasteiger partial charge in [-0.15, -0.1) is 0 Å². The van der Waals surface area contributed by atoms with Gasteiger partial charge < -0.3 is 9.84 Å². The Balaban J connectivity index is 2.35. The number of hydrogen-bond acceptors (Lipinski definition) is 4. The molecule has 4 heteroatoms. The number of ether oxygens (including phenoxy) is 1. The third-order valence-electron chi connectivity index (χ3n) is 3.65. The van der Waals surface area contributed by atoms with E-state index >= 15 is 0 Å². The van der Waals surface area contributed by atoms with Gasteiger partial charge in [-0.1, -0.05) is 12.2 Å². The minimum Gasteiger partial charge on any atom is -0.468 e. The Labute approximate surface area is 89.5 Å². The van der Waals surface area contributed by atoms with Gasteiger partial charge in [0, 0.05) is 19.0 Å². The third kappa shape index (κ3) is 1.32. The Morgan fingerprint density at radius 3 is 3.00 bits per heavy atom. The van der Waals surface area contributed by atoms with E-state index in [2.05, 4.69) is 6.58 Å². The van der Waals surface area contributed by atoms with Crippen LogP contribution in [0.25, 0.3) is 0 Å². The van der Waals surface area contributed by atoms with Gasteiger partial charge in [-0.05, 0) is 13.3 Å². The SMILES string of the molecule is C=C1CN2[C@H](C)[C@@H](O)C[C@@]2(C(=O)OC)C1. The number of nitrogens with zero attached hydrogens (tertiary/aromatic N) is 1. The van der Waals surface area contributed by atoms with Gasteiger partial charge in [0.05, 0.1) is 13.2 Å². The number of carbonyl (C=O) groups is 1. The molecule has 0 aromatic heterocycles. The second kappa shape index (κ2) is 3.32. The van der Waals surface area contributed by atoms with Crippen LogP contribution >= 0.6 is 0 Å². The van der Waals surface area contributed by atoms with Crippen LogP contribution in [0.2, 0.25) is 0 Å². The van der Waals surface area contributed by atoms with Crippen molar-refractivity contribution in [3.05, 3.63) is 12.2 Å². The summed E-state index contributed by atoms with van der Waals surface area (Å²) in [6.07, 6.45) is 0.623. The fraction of sp³-hybridized carbons (Fsp3) is 0.727. The zero-order chi connectivity index (χ0) is 11.2. The smallest absolute Gasteiger partial charge is 0.326 e. The maximum absolute atomic E-state index is 11.8. The van der Waals surface area contributed by atoms with E-state index in [1.54, 1.807) is 0 Å². The highest BCUT2D eigenvalue weighted by Crippen LogP contribution is 2.44. The molecule has 0 bridgehead atoms. The highest BCUT2D eigenvalue weighted by Gasteiger charge is 2.58. The number of fused-ring (bicyclic) bond motifs is 1. The van der Waals surface area contributed by atoms with E-state index in [0.717, 1.165) is 5.57 Å². The summed E-state index contributed by atoms with van der Waals surface area (Å²) in [5.74, 6) is -0.246. The number of rotatable bonds is 1. The maximum atomic E-state index is 11.8. The van der Waals surface area contributed by atoms with Gasteiger partial charge in [-0.2, -0.15) is 0 Å². The minimum atomic E-state index is -0.648. The number of aliphatic hydroxyl groups is 1. The van der Waals surface area contributed by atoms with E-state index in [0.29, 0.717) is 19.4 Å². The van der Waals surface area contributed by atoms with E-state index in [4.69, 9.17) is 4.74 Å². The summed E-state index contributed by atoms with van der Waals surface area (Å²) in [5, 5.41) is 9.82. The zero-order valence-corrected chi connectivity index (χ0v) is 9.19. The summed E-state index contributed by atoms with van der Waals surface area (Å²) in [5.41, 5.74) is 0.393. The Kier molecular flexibility index (Phi) is 2.35. The van der Waals surface area contributed by atoms with Crippen LogP contribution in [0.1, 0.15) is 19.8 Å². The molecule has 0 amide bonds. The van der Waals surface area contributed by atoms with Crippen molar-refractivity contribution in [2.45, 2.75) is 37.5 Å². The van der Waals surface area contributed by atoms with Crippen molar-refractivity contribution in [1.29, 1.82) is 0 Å². The predicted octanol–water partition coefficient (Wildman–Crippen LogP) is 0.313. The Morgan fingerprint density at radius 1 is 1.73 bits per heavy atom. The average molecular weight is 211 g/mol. The van der Waals surface area contributed by atoms with Crippen molar-refractivity contribution < 1.29 is 14.6 Å². The van der Waals surface area contributed by atoms with Crippen LogP contribution in [0.3, 0.4) is 0 Å². The van der Waals surface area contributed by atoms with E-state index in [1.165, 1.54) is 7.11 Å². The van der Waals surface area contributed by atoms with Crippen molar-refractivity contribution in [2.75, 3.05) is 13.7 Å². The van der Waals surface area contributed by atoms with Gasteiger partial charge >= 0.3 is 5.97 Å². The lowest BCUT2D eigenvalue weighted by Crippen LogP contribution is -2.48. The molecule has 2 fully saturated rings. The number of esters is 1. The summed E-state index contributed by atoms with van der Waals surface area (Å²) in [6, 6.07) is 0.00310. The molecule has 0 spiro atoms. The first-order chi connectivity index (χ1) is 7.01. The third-order valence-corrected chi connectivity index (χ3v) is 3.65. The zero-order valence-electron chi connectivity index (χ0n) is 9.19. The summed E-state index contributed by atoms with van der Waals surface area (Å²) >= 11 is 0. The second-order valence-electron chi connectivity index (χ2n) is 4.59. The van der Waals surface area contributed by atoms with Gasteiger partial charge in [0.1, 0.15) is 5.54 Å². The van der Waals surface area contributed by atoms with Crippen LogP contribution in [0, 0.1) is 0 Å². The molecular weight excluding hydrogens is 194 g/mol. The fourth-order valence-corrected chi connectivity index (χ4v) is 2.87. The molecule has 0 unspecified atom stereocenters. The molecule has 0 aromatic rings. The van der Waals surface area contributed by atoms with Crippen molar-refractivity contribution in [3.63, 3.8) is 0 Å². The standard InChI is InChI=1S/C11H17NO3/c1-7-4-11(10(14)15-3)5-9(13)8(2)12(11)6-7/h8-9,13H,1,4-6H2,2-3H3/t8-,9+,11-/m1/s1. The van der Waals surface area contributed by atoms with Crippen molar-refractivity contribution >= 4 is 5.97 Å². The molecule has 2 rings (SSSR count). The van der Waals surface area contributed by atoms with Crippen LogP contribution < -0.4 is 0 Å². The highest BCUT2D eigenvalue weighted by atomic mass is 16.5. The lowest BCUT2D eigenvalue weighted by molar-refractivity contribution is -0.152. The highest BCUT2D eigenvalue weighted by molar-refractivity contribution is 5.82. The molecule has 84 valence electrons. The van der Waals surface area contributed by atoms with Crippen molar-refractivity contribution in [2.24, 2.45) is 0 Å². The average Bonchev–Trinajstić information content (AvgIpc) is 2.63. The van der Waals surface area contributed by atoms with E-state index in [9.17, 15) is 9.90 Å². The van der Waals surface area contributed by atoms with Crippen LogP contribution in [-0.2, 0) is 9.53 Å². The lowest BCUT2D eigenvalue weighted by Gasteiger charge is -2.30. The Hall–Kier alpha value is -0.870. The topological polar surface area (TPSA) is 49.8 Å². The molecule has 0 aromatic carbocycles. The molecule has 15 heavy (non-hydrogen) atoms. The Morgan fingerprint density at radius 2 is 2.40 bits per heavy atom. The van der Waals surface area contributed by atoms with E-state index in [1.807, 2.05) is 11.8 Å². The molecule has 2 aliphatic heterocycles. The predicted molar refractivity (Wildman–Crippen MR) is 55.3 cm³/mol. The number of carbonyl (C=O) groups excluding carboxylic acids is 1. The first-order valence-electron chi connectivity index (χ1n) is 5.21. The van der Waals surface area contributed by atoms with E-state index in [-0.39, 0.29) is 12.0 Å². The lowest BCUT2D eigenvalue weighted by atomic mass is 9.92. The second-order valence-corrected chi connectivity index (χ2v) is 4.59. The molecule has 4 nitrogen and oxygen atoms in total. The molecule has 2 aliphatic rings. The summed E-state index contributed by atoms with van der Waals surface area (Å²) in [6.45, 7) is 6.55. The molecule has 1 N–H and O–H groups in total. The Bertz CT molecular complexity index is 315. The molecular formula is C11H17NO3. The maximum Gasteiger partial charge on any atom is 0.326 e. The molecule has 0 saturated carbocycles. The van der Waals surface area contributed by atoms with Gasteiger partial charge in [0.15, 0.2) is 0 Å². The van der Waals surface area contributed by atoms with E-state index < -0.39 is 11.6 Å². The molecule has 2 heterocycles. The number of aliphatic hydroxyl groups excluding tert-OH is 1. The quantitative estimate of drug-likeness (QED) is 0.501. The molecule has 3 atom stereocenters. The monoisotopic (exact) mass is 211 g/mol. The normalized spacial score (nSPS) is 40.6. The summed E-state index contributed by atoms with van der Waals surface area (Å²) in [4.78, 5) is 13.9. The van der Waals surface area contributed by atoms with Crippen LogP contribution in [0.5, 0.6) is 0 Å². The first-order valence-corrected chi connectivity index (χ1v) is 5.21. The first kappa shape index (κ1) is 10.6. The molecule has 0 radical (unpaired) electrons. The van der Waals surface area contributed by atoms with Crippen molar-refractivity contribution in [1.82, 2.24) is 4.90 Å². The van der Waals surface area contributed by atoms with Crippen LogP contribution in [0.15, 0.2) is 12.2 Å². The van der Waals surface area contributed by atoms with Gasteiger partial charge in [0.25, 0.3) is 0 Å². The van der Waals surface area contributed by atoms with Gasteiger partial charge in [0.2, 0.25) is 0 Å².